The number of ether oxygens (including phenoxy) is 2. The first-order chi connectivity index (χ1) is 11.5. The Morgan fingerprint density at radius 3 is 2.46 bits per heavy atom. The zero-order valence-corrected chi connectivity index (χ0v) is 14.8. The minimum atomic E-state index is -0.116. The van der Waals surface area contributed by atoms with Crippen molar-refractivity contribution >= 4 is 23.2 Å². The van der Waals surface area contributed by atoms with Crippen molar-refractivity contribution in [1.82, 2.24) is 4.90 Å². The first-order valence-electron chi connectivity index (χ1n) is 7.46. The molecule has 6 heteroatoms. The predicted molar refractivity (Wildman–Crippen MR) is 96.0 cm³/mol. The van der Waals surface area contributed by atoms with Gasteiger partial charge in [-0.2, -0.15) is 0 Å². The topological polar surface area (TPSA) is 50.8 Å². The van der Waals surface area contributed by atoms with Gasteiger partial charge in [-0.25, -0.2) is 0 Å². The number of methoxy groups -OCH3 is 2. The van der Waals surface area contributed by atoms with Gasteiger partial charge in [-0.3, -0.25) is 9.69 Å². The van der Waals surface area contributed by atoms with Gasteiger partial charge in [0.25, 0.3) is 0 Å². The molecule has 2 aromatic carbocycles. The second-order valence-corrected chi connectivity index (χ2v) is 5.85. The maximum absolute atomic E-state index is 12.2. The van der Waals surface area contributed by atoms with Crippen LogP contribution in [0.15, 0.2) is 42.5 Å². The van der Waals surface area contributed by atoms with Crippen molar-refractivity contribution in [3.05, 3.63) is 53.1 Å². The quantitative estimate of drug-likeness (QED) is 0.833. The third-order valence-electron chi connectivity index (χ3n) is 3.46. The molecule has 0 aliphatic rings. The first kappa shape index (κ1) is 18.1. The third-order valence-corrected chi connectivity index (χ3v) is 3.71. The summed E-state index contributed by atoms with van der Waals surface area (Å²) in [4.78, 5) is 14.2. The second-order valence-electron chi connectivity index (χ2n) is 5.41. The van der Waals surface area contributed by atoms with Crippen LogP contribution in [0.25, 0.3) is 0 Å². The summed E-state index contributed by atoms with van der Waals surface area (Å²) in [6, 6.07) is 12.8. The van der Waals surface area contributed by atoms with E-state index in [0.717, 1.165) is 5.56 Å². The fourth-order valence-electron chi connectivity index (χ4n) is 2.29. The zero-order valence-electron chi connectivity index (χ0n) is 14.0. The highest BCUT2D eigenvalue weighted by atomic mass is 35.5. The van der Waals surface area contributed by atoms with Gasteiger partial charge in [-0.1, -0.05) is 23.7 Å². The van der Waals surface area contributed by atoms with Crippen molar-refractivity contribution in [2.45, 2.75) is 6.54 Å². The van der Waals surface area contributed by atoms with Gasteiger partial charge in [0.1, 0.15) is 11.5 Å². The van der Waals surface area contributed by atoms with E-state index in [1.807, 2.05) is 36.2 Å². The van der Waals surface area contributed by atoms with E-state index in [4.69, 9.17) is 21.1 Å². The number of rotatable bonds is 7. The number of nitrogens with one attached hydrogen (secondary N) is 1. The van der Waals surface area contributed by atoms with Gasteiger partial charge in [-0.15, -0.1) is 0 Å². The van der Waals surface area contributed by atoms with Crippen LogP contribution >= 0.6 is 11.6 Å². The summed E-state index contributed by atoms with van der Waals surface area (Å²) in [5.41, 5.74) is 1.71. The predicted octanol–water partition coefficient (Wildman–Crippen LogP) is 3.43. The lowest BCUT2D eigenvalue weighted by Gasteiger charge is -2.17. The van der Waals surface area contributed by atoms with Crippen LogP contribution < -0.4 is 14.8 Å². The number of amides is 1. The lowest BCUT2D eigenvalue weighted by molar-refractivity contribution is -0.117. The Balaban J connectivity index is 1.93. The average Bonchev–Trinajstić information content (AvgIpc) is 2.57. The molecule has 0 aromatic heterocycles. The fourth-order valence-corrected chi connectivity index (χ4v) is 2.42. The molecule has 128 valence electrons. The highest BCUT2D eigenvalue weighted by Crippen LogP contribution is 2.28. The molecule has 0 spiro atoms. The van der Waals surface area contributed by atoms with Crippen molar-refractivity contribution < 1.29 is 14.3 Å². The number of nitrogens with zero attached hydrogens (tertiary/aromatic N) is 1. The van der Waals surface area contributed by atoms with Crippen LogP contribution in [0.2, 0.25) is 5.02 Å². The maximum Gasteiger partial charge on any atom is 0.238 e. The van der Waals surface area contributed by atoms with Gasteiger partial charge in [0.15, 0.2) is 0 Å². The van der Waals surface area contributed by atoms with Crippen LogP contribution in [0.5, 0.6) is 11.5 Å². The molecule has 0 unspecified atom stereocenters. The van der Waals surface area contributed by atoms with Crippen molar-refractivity contribution in [2.24, 2.45) is 0 Å². The van der Waals surface area contributed by atoms with Gasteiger partial charge in [0.05, 0.1) is 26.5 Å². The summed E-state index contributed by atoms with van der Waals surface area (Å²) in [6.07, 6.45) is 0. The van der Waals surface area contributed by atoms with Crippen LogP contribution in [0.4, 0.5) is 5.69 Å². The fraction of sp³-hybridized carbons (Fsp3) is 0.278. The SMILES string of the molecule is COc1ccc(NC(=O)CN(C)Cc2ccc(Cl)cc2)c(OC)c1. The summed E-state index contributed by atoms with van der Waals surface area (Å²) in [6.45, 7) is 0.919. The minimum Gasteiger partial charge on any atom is -0.497 e. The maximum atomic E-state index is 12.2. The van der Waals surface area contributed by atoms with Crippen LogP contribution in [-0.4, -0.2) is 38.6 Å². The van der Waals surface area contributed by atoms with E-state index < -0.39 is 0 Å². The Morgan fingerprint density at radius 2 is 1.83 bits per heavy atom. The Bertz CT molecular complexity index is 689. The lowest BCUT2D eigenvalue weighted by atomic mass is 10.2. The number of hydrogen-bond donors (Lipinski definition) is 1. The largest absolute Gasteiger partial charge is 0.497 e. The molecule has 0 aliphatic heterocycles. The van der Waals surface area contributed by atoms with E-state index in [1.54, 1.807) is 32.4 Å². The Morgan fingerprint density at radius 1 is 1.12 bits per heavy atom. The molecule has 0 fully saturated rings. The normalized spacial score (nSPS) is 10.5. The van der Waals surface area contributed by atoms with Gasteiger partial charge >= 0.3 is 0 Å². The number of anilines is 1. The van der Waals surface area contributed by atoms with Gasteiger partial charge in [-0.05, 0) is 36.9 Å². The molecule has 2 rings (SSSR count). The Hall–Kier alpha value is -2.24. The van der Waals surface area contributed by atoms with E-state index >= 15 is 0 Å². The molecule has 5 nitrogen and oxygen atoms in total. The highest BCUT2D eigenvalue weighted by Gasteiger charge is 2.11. The van der Waals surface area contributed by atoms with E-state index in [2.05, 4.69) is 5.32 Å². The number of likely N-dealkylation sites (N-methyl/N-ethyl adjacent to an activating group) is 1. The summed E-state index contributed by atoms with van der Waals surface area (Å²) in [5.74, 6) is 1.11. The van der Waals surface area contributed by atoms with Crippen LogP contribution in [0.1, 0.15) is 5.56 Å². The molecule has 1 amide bonds. The first-order valence-corrected chi connectivity index (χ1v) is 7.84. The number of halogens is 1. The van der Waals surface area contributed by atoms with E-state index in [0.29, 0.717) is 28.8 Å². The molecule has 0 saturated carbocycles. The van der Waals surface area contributed by atoms with Crippen LogP contribution in [0, 0.1) is 0 Å². The molecule has 0 bridgehead atoms. The molecule has 2 aromatic rings. The summed E-state index contributed by atoms with van der Waals surface area (Å²) < 4.78 is 10.4. The number of benzene rings is 2. The molecule has 0 heterocycles. The van der Waals surface area contributed by atoms with Crippen molar-refractivity contribution in [3.63, 3.8) is 0 Å². The zero-order chi connectivity index (χ0) is 17.5. The van der Waals surface area contributed by atoms with Crippen molar-refractivity contribution in [2.75, 3.05) is 33.1 Å². The summed E-state index contributed by atoms with van der Waals surface area (Å²) in [5, 5.41) is 3.56. The van der Waals surface area contributed by atoms with E-state index in [9.17, 15) is 4.79 Å². The summed E-state index contributed by atoms with van der Waals surface area (Å²) >= 11 is 5.87. The monoisotopic (exact) mass is 348 g/mol. The highest BCUT2D eigenvalue weighted by molar-refractivity contribution is 6.30. The Labute approximate surface area is 147 Å². The third kappa shape index (κ3) is 5.15. The number of carbonyl (C=O) groups is 1. The Kier molecular flexibility index (Phi) is 6.46. The number of hydrogen-bond acceptors (Lipinski definition) is 4. The molecular formula is C18H21ClN2O3. The smallest absolute Gasteiger partial charge is 0.238 e. The van der Waals surface area contributed by atoms with E-state index in [1.165, 1.54) is 0 Å². The number of carbonyl (C=O) groups excluding carboxylic acids is 1. The van der Waals surface area contributed by atoms with Crippen molar-refractivity contribution in [3.8, 4) is 11.5 Å². The molecule has 1 N–H and O–H groups in total. The molecular weight excluding hydrogens is 328 g/mol. The molecule has 0 saturated heterocycles. The van der Waals surface area contributed by atoms with Gasteiger partial charge < -0.3 is 14.8 Å². The van der Waals surface area contributed by atoms with Gasteiger partial charge in [0, 0.05) is 17.6 Å². The standard InChI is InChI=1S/C18H21ClN2O3/c1-21(11-13-4-6-14(19)7-5-13)12-18(22)20-16-9-8-15(23-2)10-17(16)24-3/h4-10H,11-12H2,1-3H3,(H,20,22). The molecule has 0 radical (unpaired) electrons. The lowest BCUT2D eigenvalue weighted by Crippen LogP contribution is -2.29. The van der Waals surface area contributed by atoms with E-state index in [-0.39, 0.29) is 12.5 Å². The average molecular weight is 349 g/mol. The van der Waals surface area contributed by atoms with Crippen LogP contribution in [-0.2, 0) is 11.3 Å². The molecule has 0 aliphatic carbocycles. The molecule has 0 atom stereocenters. The summed E-state index contributed by atoms with van der Waals surface area (Å²) in [7, 11) is 5.02. The molecule has 24 heavy (non-hydrogen) atoms. The minimum absolute atomic E-state index is 0.116. The van der Waals surface area contributed by atoms with Gasteiger partial charge in [0.2, 0.25) is 5.91 Å². The second kappa shape index (κ2) is 8.57. The van der Waals surface area contributed by atoms with Crippen LogP contribution in [0.3, 0.4) is 0 Å². The van der Waals surface area contributed by atoms with Crippen molar-refractivity contribution in [1.29, 1.82) is 0 Å².